The molecule has 4 nitrogen and oxygen atoms in total. The van der Waals surface area contributed by atoms with Crippen LogP contribution in [0.25, 0.3) is 0 Å². The summed E-state index contributed by atoms with van der Waals surface area (Å²) in [4.78, 5) is 11.7. The maximum Gasteiger partial charge on any atom is 0.223 e. The summed E-state index contributed by atoms with van der Waals surface area (Å²) in [6.07, 6.45) is 0.288. The zero-order valence-corrected chi connectivity index (χ0v) is 12.8. The second-order valence-electron chi connectivity index (χ2n) is 5.45. The topological polar surface area (TPSA) is 58.6 Å². The fraction of sp³-hybridized carbons (Fsp3) is 0.562. The van der Waals surface area contributed by atoms with Crippen LogP contribution in [0, 0.1) is 19.8 Å². The van der Waals surface area contributed by atoms with Crippen LogP contribution in [0.4, 0.5) is 0 Å². The molecule has 0 aliphatic rings. The van der Waals surface area contributed by atoms with E-state index in [4.69, 9.17) is 9.84 Å². The Morgan fingerprint density at radius 2 is 2.00 bits per heavy atom. The molecule has 1 atom stereocenters. The van der Waals surface area contributed by atoms with Gasteiger partial charge in [0.2, 0.25) is 5.91 Å². The molecule has 0 aliphatic heterocycles. The number of benzene rings is 1. The van der Waals surface area contributed by atoms with Crippen molar-refractivity contribution >= 4 is 5.91 Å². The minimum Gasteiger partial charge on any atom is -0.493 e. The van der Waals surface area contributed by atoms with Gasteiger partial charge < -0.3 is 15.2 Å². The first kappa shape index (κ1) is 16.5. The first-order chi connectivity index (χ1) is 9.43. The summed E-state index contributed by atoms with van der Waals surface area (Å²) in [7, 11) is 0. The molecular weight excluding hydrogens is 254 g/mol. The standard InChI is InChI=1S/C16H25NO3/c1-11(2)15(10-18)17-16(19)7-8-20-14-6-5-12(3)13(4)9-14/h5-6,9,11,15,18H,7-8,10H2,1-4H3,(H,17,19). The first-order valence-electron chi connectivity index (χ1n) is 7.04. The van der Waals surface area contributed by atoms with E-state index in [0.717, 1.165) is 5.75 Å². The molecule has 1 unspecified atom stereocenters. The van der Waals surface area contributed by atoms with Gasteiger partial charge in [0.1, 0.15) is 5.75 Å². The summed E-state index contributed by atoms with van der Waals surface area (Å²) in [6.45, 7) is 8.31. The highest BCUT2D eigenvalue weighted by atomic mass is 16.5. The van der Waals surface area contributed by atoms with Crippen LogP contribution < -0.4 is 10.1 Å². The van der Waals surface area contributed by atoms with Crippen molar-refractivity contribution in [2.45, 2.75) is 40.2 Å². The fourth-order valence-electron chi connectivity index (χ4n) is 1.77. The highest BCUT2D eigenvalue weighted by molar-refractivity contribution is 5.76. The first-order valence-corrected chi connectivity index (χ1v) is 7.04. The molecule has 2 N–H and O–H groups in total. The van der Waals surface area contributed by atoms with Gasteiger partial charge in [-0.3, -0.25) is 4.79 Å². The Morgan fingerprint density at radius 1 is 1.30 bits per heavy atom. The Labute approximate surface area is 121 Å². The predicted octanol–water partition coefficient (Wildman–Crippen LogP) is 2.21. The molecule has 1 aromatic carbocycles. The normalized spacial score (nSPS) is 12.3. The number of rotatable bonds is 7. The molecule has 0 spiro atoms. The van der Waals surface area contributed by atoms with E-state index in [1.807, 2.05) is 45.9 Å². The fourth-order valence-corrected chi connectivity index (χ4v) is 1.77. The van der Waals surface area contributed by atoms with Gasteiger partial charge in [0, 0.05) is 0 Å². The Hall–Kier alpha value is -1.55. The monoisotopic (exact) mass is 279 g/mol. The van der Waals surface area contributed by atoms with Gasteiger partial charge in [-0.25, -0.2) is 0 Å². The zero-order valence-electron chi connectivity index (χ0n) is 12.8. The predicted molar refractivity (Wildman–Crippen MR) is 79.9 cm³/mol. The third kappa shape index (κ3) is 5.21. The number of aliphatic hydroxyl groups excluding tert-OH is 1. The Balaban J connectivity index is 2.36. The SMILES string of the molecule is Cc1ccc(OCCC(=O)NC(CO)C(C)C)cc1C. The van der Waals surface area contributed by atoms with Gasteiger partial charge >= 0.3 is 0 Å². The van der Waals surface area contributed by atoms with E-state index in [2.05, 4.69) is 5.32 Å². The van der Waals surface area contributed by atoms with Gasteiger partial charge in [0.25, 0.3) is 0 Å². The highest BCUT2D eigenvalue weighted by Crippen LogP contribution is 2.16. The van der Waals surface area contributed by atoms with Gasteiger partial charge in [-0.1, -0.05) is 19.9 Å². The van der Waals surface area contributed by atoms with Gasteiger partial charge in [-0.05, 0) is 43.0 Å². The van der Waals surface area contributed by atoms with Gasteiger partial charge in [0.15, 0.2) is 0 Å². The number of aliphatic hydroxyl groups is 1. The van der Waals surface area contributed by atoms with Crippen molar-refractivity contribution < 1.29 is 14.6 Å². The lowest BCUT2D eigenvalue weighted by Gasteiger charge is -2.19. The van der Waals surface area contributed by atoms with Crippen LogP contribution in [-0.4, -0.2) is 30.3 Å². The van der Waals surface area contributed by atoms with E-state index in [-0.39, 0.29) is 30.9 Å². The molecule has 112 valence electrons. The van der Waals surface area contributed by atoms with E-state index in [1.165, 1.54) is 11.1 Å². The lowest BCUT2D eigenvalue weighted by Crippen LogP contribution is -2.41. The smallest absolute Gasteiger partial charge is 0.223 e. The lowest BCUT2D eigenvalue weighted by molar-refractivity contribution is -0.122. The quantitative estimate of drug-likeness (QED) is 0.804. The molecule has 1 aromatic rings. The van der Waals surface area contributed by atoms with E-state index >= 15 is 0 Å². The summed E-state index contributed by atoms with van der Waals surface area (Å²) >= 11 is 0. The number of aryl methyl sites for hydroxylation is 2. The van der Waals surface area contributed by atoms with E-state index in [1.54, 1.807) is 0 Å². The molecule has 1 amide bonds. The number of hydrogen-bond donors (Lipinski definition) is 2. The van der Waals surface area contributed by atoms with Crippen LogP contribution >= 0.6 is 0 Å². The summed E-state index contributed by atoms with van der Waals surface area (Å²) in [6, 6.07) is 5.69. The molecular formula is C16H25NO3. The van der Waals surface area contributed by atoms with Gasteiger partial charge in [0.05, 0.1) is 25.7 Å². The van der Waals surface area contributed by atoms with Crippen LogP contribution in [0.1, 0.15) is 31.4 Å². The van der Waals surface area contributed by atoms with Gasteiger partial charge in [-0.15, -0.1) is 0 Å². The van der Waals surface area contributed by atoms with Crippen LogP contribution in [0.5, 0.6) is 5.75 Å². The zero-order chi connectivity index (χ0) is 15.1. The molecule has 0 heterocycles. The van der Waals surface area contributed by atoms with Crippen molar-refractivity contribution in [3.63, 3.8) is 0 Å². The number of hydrogen-bond acceptors (Lipinski definition) is 3. The molecule has 0 aromatic heterocycles. The van der Waals surface area contributed by atoms with Crippen LogP contribution in [0.2, 0.25) is 0 Å². The second kappa shape index (κ2) is 7.90. The molecule has 0 saturated carbocycles. The molecule has 4 heteroatoms. The maximum atomic E-state index is 11.7. The lowest BCUT2D eigenvalue weighted by atomic mass is 10.1. The minimum absolute atomic E-state index is 0.0403. The maximum absolute atomic E-state index is 11.7. The molecule has 0 radical (unpaired) electrons. The number of nitrogens with one attached hydrogen (secondary N) is 1. The third-order valence-corrected chi connectivity index (χ3v) is 3.42. The number of carbonyl (C=O) groups excluding carboxylic acids is 1. The average molecular weight is 279 g/mol. The van der Waals surface area contributed by atoms with Crippen molar-refractivity contribution in [3.05, 3.63) is 29.3 Å². The van der Waals surface area contributed by atoms with Crippen molar-refractivity contribution in [1.82, 2.24) is 5.32 Å². The largest absolute Gasteiger partial charge is 0.493 e. The summed E-state index contributed by atoms with van der Waals surface area (Å²) < 4.78 is 5.56. The van der Waals surface area contributed by atoms with Crippen molar-refractivity contribution in [2.75, 3.05) is 13.2 Å². The minimum atomic E-state index is -0.191. The Bertz CT molecular complexity index is 443. The van der Waals surface area contributed by atoms with E-state index in [9.17, 15) is 4.79 Å². The number of carbonyl (C=O) groups is 1. The third-order valence-electron chi connectivity index (χ3n) is 3.42. The Morgan fingerprint density at radius 3 is 2.55 bits per heavy atom. The van der Waals surface area contributed by atoms with Crippen LogP contribution in [0.15, 0.2) is 18.2 Å². The molecule has 0 aliphatic carbocycles. The highest BCUT2D eigenvalue weighted by Gasteiger charge is 2.14. The van der Waals surface area contributed by atoms with Crippen LogP contribution in [0.3, 0.4) is 0 Å². The molecule has 0 bridgehead atoms. The summed E-state index contributed by atoms with van der Waals surface area (Å²) in [5, 5.41) is 12.0. The van der Waals surface area contributed by atoms with Crippen molar-refractivity contribution in [1.29, 1.82) is 0 Å². The number of amides is 1. The Kier molecular flexibility index (Phi) is 6.52. The van der Waals surface area contributed by atoms with E-state index in [0.29, 0.717) is 6.61 Å². The molecule has 20 heavy (non-hydrogen) atoms. The number of ether oxygens (including phenoxy) is 1. The van der Waals surface area contributed by atoms with Gasteiger partial charge in [-0.2, -0.15) is 0 Å². The van der Waals surface area contributed by atoms with Crippen molar-refractivity contribution in [2.24, 2.45) is 5.92 Å². The van der Waals surface area contributed by atoms with E-state index < -0.39 is 0 Å². The molecule has 1 rings (SSSR count). The average Bonchev–Trinajstić information content (AvgIpc) is 2.39. The summed E-state index contributed by atoms with van der Waals surface area (Å²) in [5.74, 6) is 0.898. The second-order valence-corrected chi connectivity index (χ2v) is 5.45. The van der Waals surface area contributed by atoms with Crippen molar-refractivity contribution in [3.8, 4) is 5.75 Å². The van der Waals surface area contributed by atoms with Crippen LogP contribution in [-0.2, 0) is 4.79 Å². The molecule has 0 saturated heterocycles. The summed E-state index contributed by atoms with van der Waals surface area (Å²) in [5.41, 5.74) is 2.39. The molecule has 0 fully saturated rings.